The van der Waals surface area contributed by atoms with Crippen molar-refractivity contribution in [1.82, 2.24) is 10.0 Å². The van der Waals surface area contributed by atoms with Crippen LogP contribution in [0.2, 0.25) is 10.0 Å². The minimum absolute atomic E-state index is 0.180. The summed E-state index contributed by atoms with van der Waals surface area (Å²) >= 11 is 11.9. The maximum absolute atomic E-state index is 12.5. The predicted molar refractivity (Wildman–Crippen MR) is 104 cm³/mol. The van der Waals surface area contributed by atoms with Gasteiger partial charge >= 0.3 is 0 Å². The van der Waals surface area contributed by atoms with Gasteiger partial charge in [0, 0.05) is 16.6 Å². The Kier molecular flexibility index (Phi) is 6.69. The standard InChI is InChI=1S/C18H20Cl2N2O3S/c1-11-6-12(2)18(13(3)7-11)26(24,25)22-10-17(23)21-9-14-4-5-15(19)8-16(14)20/h4-8,22H,9-10H2,1-3H3,(H,21,23). The first-order valence-electron chi connectivity index (χ1n) is 7.88. The molecule has 0 bridgehead atoms. The van der Waals surface area contributed by atoms with Crippen molar-refractivity contribution >= 4 is 39.1 Å². The van der Waals surface area contributed by atoms with Gasteiger partial charge in [0.1, 0.15) is 0 Å². The van der Waals surface area contributed by atoms with E-state index in [2.05, 4.69) is 10.0 Å². The molecule has 5 nitrogen and oxygen atoms in total. The van der Waals surface area contributed by atoms with Crippen molar-refractivity contribution in [2.24, 2.45) is 0 Å². The third-order valence-corrected chi connectivity index (χ3v) is 6.08. The highest BCUT2D eigenvalue weighted by atomic mass is 35.5. The van der Waals surface area contributed by atoms with E-state index in [-0.39, 0.29) is 18.0 Å². The molecule has 2 aromatic carbocycles. The molecule has 1 amide bonds. The van der Waals surface area contributed by atoms with Crippen LogP contribution in [0.4, 0.5) is 0 Å². The number of nitrogens with one attached hydrogen (secondary N) is 2. The third-order valence-electron chi connectivity index (χ3n) is 3.79. The first-order chi connectivity index (χ1) is 12.1. The average molecular weight is 415 g/mol. The monoisotopic (exact) mass is 414 g/mol. The molecule has 0 spiro atoms. The van der Waals surface area contributed by atoms with Gasteiger partial charge in [0.25, 0.3) is 0 Å². The number of amides is 1. The molecule has 0 saturated carbocycles. The zero-order chi connectivity index (χ0) is 19.5. The number of benzene rings is 2. The lowest BCUT2D eigenvalue weighted by Gasteiger charge is -2.13. The Morgan fingerprint density at radius 2 is 1.65 bits per heavy atom. The van der Waals surface area contributed by atoms with E-state index in [0.717, 1.165) is 5.56 Å². The molecular formula is C18H20Cl2N2O3S. The maximum atomic E-state index is 12.5. The van der Waals surface area contributed by atoms with Gasteiger partial charge < -0.3 is 5.32 Å². The Morgan fingerprint density at radius 3 is 2.23 bits per heavy atom. The van der Waals surface area contributed by atoms with Gasteiger partial charge in [-0.1, -0.05) is 47.0 Å². The summed E-state index contributed by atoms with van der Waals surface area (Å²) in [4.78, 5) is 12.2. The normalized spacial score (nSPS) is 11.4. The Bertz CT molecular complexity index is 920. The Labute approximate surface area is 163 Å². The second-order valence-electron chi connectivity index (χ2n) is 6.06. The van der Waals surface area contributed by atoms with Gasteiger partial charge in [-0.3, -0.25) is 4.79 Å². The molecule has 0 saturated heterocycles. The van der Waals surface area contributed by atoms with Crippen molar-refractivity contribution in [2.75, 3.05) is 6.54 Å². The molecule has 0 aliphatic rings. The minimum atomic E-state index is -3.78. The molecule has 0 aromatic heterocycles. The average Bonchev–Trinajstić information content (AvgIpc) is 2.51. The van der Waals surface area contributed by atoms with Crippen LogP contribution in [0.5, 0.6) is 0 Å². The highest BCUT2D eigenvalue weighted by Gasteiger charge is 2.20. The van der Waals surface area contributed by atoms with Gasteiger partial charge in [-0.25, -0.2) is 13.1 Å². The molecule has 0 atom stereocenters. The third kappa shape index (κ3) is 5.20. The van der Waals surface area contributed by atoms with E-state index >= 15 is 0 Å². The van der Waals surface area contributed by atoms with Crippen molar-refractivity contribution in [3.63, 3.8) is 0 Å². The summed E-state index contributed by atoms with van der Waals surface area (Å²) in [5.41, 5.74) is 2.96. The Morgan fingerprint density at radius 1 is 1.04 bits per heavy atom. The van der Waals surface area contributed by atoms with Gasteiger partial charge in [0.2, 0.25) is 15.9 Å². The van der Waals surface area contributed by atoms with Gasteiger partial charge in [0.05, 0.1) is 11.4 Å². The maximum Gasteiger partial charge on any atom is 0.241 e. The first-order valence-corrected chi connectivity index (χ1v) is 10.1. The molecule has 0 aliphatic heterocycles. The van der Waals surface area contributed by atoms with Crippen LogP contribution in [0.25, 0.3) is 0 Å². The SMILES string of the molecule is Cc1cc(C)c(S(=O)(=O)NCC(=O)NCc2ccc(Cl)cc2Cl)c(C)c1. The first kappa shape index (κ1) is 20.7. The fourth-order valence-electron chi connectivity index (χ4n) is 2.74. The highest BCUT2D eigenvalue weighted by Crippen LogP contribution is 2.22. The number of hydrogen-bond donors (Lipinski definition) is 2. The van der Waals surface area contributed by atoms with Gasteiger partial charge in [-0.2, -0.15) is 0 Å². The number of halogens is 2. The van der Waals surface area contributed by atoms with Gasteiger partial charge in [-0.05, 0) is 49.6 Å². The van der Waals surface area contributed by atoms with Crippen molar-refractivity contribution in [2.45, 2.75) is 32.2 Å². The number of hydrogen-bond acceptors (Lipinski definition) is 3. The molecule has 2 rings (SSSR count). The van der Waals surface area contributed by atoms with Crippen LogP contribution < -0.4 is 10.0 Å². The molecule has 0 aliphatic carbocycles. The van der Waals surface area contributed by atoms with Crippen LogP contribution in [-0.4, -0.2) is 20.9 Å². The highest BCUT2D eigenvalue weighted by molar-refractivity contribution is 7.89. The van der Waals surface area contributed by atoms with E-state index in [1.165, 1.54) is 0 Å². The lowest BCUT2D eigenvalue weighted by atomic mass is 10.1. The largest absolute Gasteiger partial charge is 0.351 e. The van der Waals surface area contributed by atoms with E-state index in [0.29, 0.717) is 26.7 Å². The second-order valence-corrected chi connectivity index (χ2v) is 8.61. The van der Waals surface area contributed by atoms with Crippen LogP contribution in [0.15, 0.2) is 35.2 Å². The van der Waals surface area contributed by atoms with Crippen molar-refractivity contribution < 1.29 is 13.2 Å². The van der Waals surface area contributed by atoms with E-state index < -0.39 is 15.9 Å². The van der Waals surface area contributed by atoms with Crippen LogP contribution in [-0.2, 0) is 21.4 Å². The van der Waals surface area contributed by atoms with Crippen molar-refractivity contribution in [3.8, 4) is 0 Å². The molecule has 2 N–H and O–H groups in total. The minimum Gasteiger partial charge on any atom is -0.351 e. The zero-order valence-corrected chi connectivity index (χ0v) is 17.0. The fraction of sp³-hybridized carbons (Fsp3) is 0.278. The number of aryl methyl sites for hydroxylation is 3. The summed E-state index contributed by atoms with van der Waals surface area (Å²) in [6.07, 6.45) is 0. The van der Waals surface area contributed by atoms with E-state index in [4.69, 9.17) is 23.2 Å². The van der Waals surface area contributed by atoms with Crippen molar-refractivity contribution in [3.05, 3.63) is 62.6 Å². The fourth-order valence-corrected chi connectivity index (χ4v) is 4.65. The summed E-state index contributed by atoms with van der Waals surface area (Å²) in [6, 6.07) is 8.54. The van der Waals surface area contributed by atoms with Crippen LogP contribution >= 0.6 is 23.2 Å². The predicted octanol–water partition coefficient (Wildman–Crippen LogP) is 3.51. The second kappa shape index (κ2) is 8.39. The Hall–Kier alpha value is -1.60. The Balaban J connectivity index is 2.00. The lowest BCUT2D eigenvalue weighted by Crippen LogP contribution is -2.37. The molecule has 26 heavy (non-hydrogen) atoms. The van der Waals surface area contributed by atoms with Crippen LogP contribution in [0.1, 0.15) is 22.3 Å². The van der Waals surface area contributed by atoms with Crippen LogP contribution in [0, 0.1) is 20.8 Å². The molecule has 0 fully saturated rings. The zero-order valence-electron chi connectivity index (χ0n) is 14.7. The molecule has 140 valence electrons. The smallest absolute Gasteiger partial charge is 0.241 e. The van der Waals surface area contributed by atoms with Gasteiger partial charge in [0.15, 0.2) is 0 Å². The van der Waals surface area contributed by atoms with E-state index in [9.17, 15) is 13.2 Å². The lowest BCUT2D eigenvalue weighted by molar-refractivity contribution is -0.120. The summed E-state index contributed by atoms with van der Waals surface area (Å²) < 4.78 is 27.4. The quantitative estimate of drug-likeness (QED) is 0.758. The molecular weight excluding hydrogens is 395 g/mol. The number of sulfonamides is 1. The number of carbonyl (C=O) groups is 1. The summed E-state index contributed by atoms with van der Waals surface area (Å²) in [6.45, 7) is 5.19. The van der Waals surface area contributed by atoms with E-state index in [1.54, 1.807) is 44.2 Å². The molecule has 0 unspecified atom stereocenters. The number of carbonyl (C=O) groups excluding carboxylic acids is 1. The van der Waals surface area contributed by atoms with E-state index in [1.807, 2.05) is 6.92 Å². The topological polar surface area (TPSA) is 75.3 Å². The summed E-state index contributed by atoms with van der Waals surface area (Å²) in [5.74, 6) is -0.456. The van der Waals surface area contributed by atoms with Gasteiger partial charge in [-0.15, -0.1) is 0 Å². The molecule has 8 heteroatoms. The number of rotatable bonds is 6. The molecule has 0 heterocycles. The summed E-state index contributed by atoms with van der Waals surface area (Å²) in [7, 11) is -3.78. The molecule has 2 aromatic rings. The van der Waals surface area contributed by atoms with Crippen molar-refractivity contribution in [1.29, 1.82) is 0 Å². The molecule has 0 radical (unpaired) electrons. The van der Waals surface area contributed by atoms with Crippen LogP contribution in [0.3, 0.4) is 0 Å². The summed E-state index contributed by atoms with van der Waals surface area (Å²) in [5, 5.41) is 3.56.